The quantitative estimate of drug-likeness (QED) is 0.707. The summed E-state index contributed by atoms with van der Waals surface area (Å²) < 4.78 is 16.6. The van der Waals surface area contributed by atoms with Crippen LogP contribution in [0.25, 0.3) is 0 Å². The average Bonchev–Trinajstić information content (AvgIpc) is 3.02. The Hall–Kier alpha value is -0.650. The van der Waals surface area contributed by atoms with E-state index in [0.29, 0.717) is 6.10 Å². The molecule has 3 fully saturated rings. The van der Waals surface area contributed by atoms with Gasteiger partial charge in [0, 0.05) is 19.6 Å². The highest BCUT2D eigenvalue weighted by Gasteiger charge is 2.45. The first kappa shape index (κ1) is 13.3. The Morgan fingerprint density at radius 3 is 2.79 bits per heavy atom. The van der Waals surface area contributed by atoms with Gasteiger partial charge in [-0.15, -0.1) is 0 Å². The summed E-state index contributed by atoms with van der Waals surface area (Å²) in [5, 5.41) is 0. The van der Waals surface area contributed by atoms with Crippen LogP contribution in [-0.2, 0) is 19.0 Å². The van der Waals surface area contributed by atoms with Gasteiger partial charge in [0.2, 0.25) is 0 Å². The smallest absolute Gasteiger partial charge is 0.311 e. The highest BCUT2D eigenvalue weighted by Crippen LogP contribution is 2.39. The molecule has 4 atom stereocenters. The molecular weight excluding hydrogens is 246 g/mol. The lowest BCUT2D eigenvalue weighted by Gasteiger charge is -2.29. The van der Waals surface area contributed by atoms with E-state index in [4.69, 9.17) is 14.2 Å². The van der Waals surface area contributed by atoms with E-state index in [1.807, 2.05) is 6.92 Å². The predicted octanol–water partition coefficient (Wildman–Crippen LogP) is 0.818. The molecule has 0 saturated carbocycles. The molecule has 3 saturated heterocycles. The van der Waals surface area contributed by atoms with Crippen LogP contribution < -0.4 is 0 Å². The molecule has 3 heterocycles. The Balaban J connectivity index is 1.43. The molecule has 0 amide bonds. The average molecular weight is 269 g/mol. The van der Waals surface area contributed by atoms with Gasteiger partial charge in [0.15, 0.2) is 0 Å². The van der Waals surface area contributed by atoms with Gasteiger partial charge in [-0.2, -0.15) is 0 Å². The van der Waals surface area contributed by atoms with Crippen molar-refractivity contribution in [3.05, 3.63) is 0 Å². The van der Waals surface area contributed by atoms with Crippen molar-refractivity contribution in [1.82, 2.24) is 4.90 Å². The van der Waals surface area contributed by atoms with Crippen LogP contribution in [-0.4, -0.2) is 62.0 Å². The van der Waals surface area contributed by atoms with Crippen LogP contribution >= 0.6 is 0 Å². The van der Waals surface area contributed by atoms with Crippen molar-refractivity contribution in [1.29, 1.82) is 0 Å². The molecule has 108 valence electrons. The van der Waals surface area contributed by atoms with Gasteiger partial charge in [-0.1, -0.05) is 0 Å². The van der Waals surface area contributed by atoms with Gasteiger partial charge in [0.25, 0.3) is 0 Å². The lowest BCUT2D eigenvalue weighted by Crippen LogP contribution is -2.42. The molecule has 5 heteroatoms. The molecule has 0 spiro atoms. The molecule has 0 unspecified atom stereocenters. The molecule has 3 aliphatic heterocycles. The largest absolute Gasteiger partial charge is 0.461 e. The summed E-state index contributed by atoms with van der Waals surface area (Å²) in [4.78, 5) is 14.4. The Morgan fingerprint density at radius 1 is 1.37 bits per heavy atom. The number of hydrogen-bond acceptors (Lipinski definition) is 5. The lowest BCUT2D eigenvalue weighted by atomic mass is 9.89. The monoisotopic (exact) mass is 269 g/mol. The van der Waals surface area contributed by atoms with Gasteiger partial charge >= 0.3 is 5.97 Å². The second-order valence-corrected chi connectivity index (χ2v) is 5.88. The van der Waals surface area contributed by atoms with Crippen molar-refractivity contribution in [2.45, 2.75) is 44.5 Å². The third-order valence-electron chi connectivity index (χ3n) is 4.35. The molecular formula is C14H23NO4. The van der Waals surface area contributed by atoms with E-state index in [1.54, 1.807) is 0 Å². The Kier molecular flexibility index (Phi) is 4.05. The molecule has 0 aliphatic carbocycles. The van der Waals surface area contributed by atoms with Crippen LogP contribution in [0.2, 0.25) is 0 Å². The van der Waals surface area contributed by atoms with E-state index in [2.05, 4.69) is 4.90 Å². The molecule has 0 aromatic carbocycles. The summed E-state index contributed by atoms with van der Waals surface area (Å²) in [6.07, 6.45) is 3.35. The minimum Gasteiger partial charge on any atom is -0.461 e. The second kappa shape index (κ2) is 5.77. The van der Waals surface area contributed by atoms with Gasteiger partial charge in [0.1, 0.15) is 6.10 Å². The summed E-state index contributed by atoms with van der Waals surface area (Å²) in [6.45, 7) is 6.19. The van der Waals surface area contributed by atoms with E-state index in [9.17, 15) is 4.79 Å². The molecule has 0 radical (unpaired) electrons. The van der Waals surface area contributed by atoms with E-state index in [0.717, 1.165) is 52.1 Å². The normalized spacial score (nSPS) is 36.4. The summed E-state index contributed by atoms with van der Waals surface area (Å²) in [5.74, 6) is -0.0844. The number of hydrogen-bond donors (Lipinski definition) is 0. The molecule has 19 heavy (non-hydrogen) atoms. The summed E-state index contributed by atoms with van der Waals surface area (Å²) in [5.41, 5.74) is 0. The third kappa shape index (κ3) is 3.09. The van der Waals surface area contributed by atoms with Gasteiger partial charge in [-0.05, 0) is 26.2 Å². The number of fused-ring (bicyclic) bond motifs is 2. The zero-order valence-electron chi connectivity index (χ0n) is 11.5. The van der Waals surface area contributed by atoms with E-state index in [-0.39, 0.29) is 24.1 Å². The SMILES string of the molecule is C[C@H](CN1CCOCC1)OC(=O)[C@H]1C[C@H]2CC[C@H]1O2. The second-order valence-electron chi connectivity index (χ2n) is 5.88. The van der Waals surface area contributed by atoms with Crippen LogP contribution in [0.1, 0.15) is 26.2 Å². The highest BCUT2D eigenvalue weighted by atomic mass is 16.6. The van der Waals surface area contributed by atoms with Crippen LogP contribution in [0, 0.1) is 5.92 Å². The number of carbonyl (C=O) groups is 1. The molecule has 3 rings (SSSR count). The Labute approximate surface area is 114 Å². The minimum absolute atomic E-state index is 0.0223. The number of esters is 1. The zero-order chi connectivity index (χ0) is 13.2. The number of rotatable bonds is 4. The number of ether oxygens (including phenoxy) is 3. The fourth-order valence-electron chi connectivity index (χ4n) is 3.36. The standard InChI is InChI=1S/C14H23NO4/c1-10(9-15-4-6-17-7-5-15)18-14(16)12-8-11-2-3-13(12)19-11/h10-13H,2-9H2,1H3/t10-,11-,12+,13-/m1/s1. The summed E-state index contributed by atoms with van der Waals surface area (Å²) in [6, 6.07) is 0. The fourth-order valence-corrected chi connectivity index (χ4v) is 3.36. The van der Waals surface area contributed by atoms with E-state index >= 15 is 0 Å². The molecule has 2 bridgehead atoms. The maximum atomic E-state index is 12.1. The van der Waals surface area contributed by atoms with Crippen molar-refractivity contribution >= 4 is 5.97 Å². The molecule has 0 N–H and O–H groups in total. The maximum Gasteiger partial charge on any atom is 0.311 e. The van der Waals surface area contributed by atoms with Crippen molar-refractivity contribution in [2.75, 3.05) is 32.8 Å². The first-order valence-corrected chi connectivity index (χ1v) is 7.38. The number of morpholine rings is 1. The minimum atomic E-state index is -0.0621. The van der Waals surface area contributed by atoms with Crippen LogP contribution in [0.5, 0.6) is 0 Å². The van der Waals surface area contributed by atoms with Gasteiger partial charge in [-0.25, -0.2) is 0 Å². The van der Waals surface area contributed by atoms with Crippen LogP contribution in [0.4, 0.5) is 0 Å². The van der Waals surface area contributed by atoms with Gasteiger partial charge < -0.3 is 14.2 Å². The molecule has 0 aromatic rings. The van der Waals surface area contributed by atoms with Gasteiger partial charge in [0.05, 0.1) is 31.3 Å². The Bertz CT molecular complexity index is 329. The van der Waals surface area contributed by atoms with Crippen molar-refractivity contribution in [2.24, 2.45) is 5.92 Å². The lowest BCUT2D eigenvalue weighted by molar-refractivity contribution is -0.156. The molecule has 3 aliphatic rings. The topological polar surface area (TPSA) is 48.0 Å². The first-order chi connectivity index (χ1) is 9.22. The summed E-state index contributed by atoms with van der Waals surface area (Å²) >= 11 is 0. The van der Waals surface area contributed by atoms with E-state index in [1.165, 1.54) is 0 Å². The molecule has 5 nitrogen and oxygen atoms in total. The van der Waals surface area contributed by atoms with E-state index < -0.39 is 0 Å². The van der Waals surface area contributed by atoms with Crippen molar-refractivity contribution < 1.29 is 19.0 Å². The molecule has 0 aromatic heterocycles. The fraction of sp³-hybridized carbons (Fsp3) is 0.929. The first-order valence-electron chi connectivity index (χ1n) is 7.38. The maximum absolute atomic E-state index is 12.1. The van der Waals surface area contributed by atoms with Crippen LogP contribution in [0.3, 0.4) is 0 Å². The number of nitrogens with zero attached hydrogens (tertiary/aromatic N) is 1. The van der Waals surface area contributed by atoms with Crippen molar-refractivity contribution in [3.63, 3.8) is 0 Å². The van der Waals surface area contributed by atoms with Gasteiger partial charge in [-0.3, -0.25) is 9.69 Å². The highest BCUT2D eigenvalue weighted by molar-refractivity contribution is 5.74. The van der Waals surface area contributed by atoms with Crippen LogP contribution in [0.15, 0.2) is 0 Å². The number of carbonyl (C=O) groups excluding carboxylic acids is 1. The third-order valence-corrected chi connectivity index (χ3v) is 4.35. The zero-order valence-corrected chi connectivity index (χ0v) is 11.5. The Morgan fingerprint density at radius 2 is 2.16 bits per heavy atom. The van der Waals surface area contributed by atoms with Crippen molar-refractivity contribution in [3.8, 4) is 0 Å². The summed E-state index contributed by atoms with van der Waals surface area (Å²) in [7, 11) is 0. The predicted molar refractivity (Wildman–Crippen MR) is 68.8 cm³/mol.